The van der Waals surface area contributed by atoms with E-state index in [2.05, 4.69) is 11.7 Å². The third kappa shape index (κ3) is 2.40. The molecular weight excluding hydrogens is 187 g/mol. The van der Waals surface area contributed by atoms with Crippen molar-refractivity contribution in [3.63, 3.8) is 0 Å². The topological polar surface area (TPSA) is 43.4 Å². The van der Waals surface area contributed by atoms with Crippen molar-refractivity contribution in [2.24, 2.45) is 0 Å². The molecule has 0 fully saturated rings. The average Bonchev–Trinajstić information content (AvgIpc) is 2.38. The predicted molar refractivity (Wildman–Crippen MR) is 48.0 cm³/mol. The highest BCUT2D eigenvalue weighted by Gasteiger charge is 2.32. The van der Waals surface area contributed by atoms with Crippen LogP contribution in [0, 0.1) is 0 Å². The van der Waals surface area contributed by atoms with E-state index >= 15 is 0 Å². The van der Waals surface area contributed by atoms with Crippen molar-refractivity contribution >= 4 is 11.9 Å². The first-order valence-electron chi connectivity index (χ1n) is 4.82. The fourth-order valence-electron chi connectivity index (χ4n) is 1.34. The van der Waals surface area contributed by atoms with E-state index in [1.807, 2.05) is 0 Å². The fourth-order valence-corrected chi connectivity index (χ4v) is 1.34. The van der Waals surface area contributed by atoms with E-state index in [-0.39, 0.29) is 5.57 Å². The minimum Gasteiger partial charge on any atom is -0.384 e. The molecule has 0 N–H and O–H groups in total. The lowest BCUT2D eigenvalue weighted by Crippen LogP contribution is -2.01. The number of carbonyl (C=O) groups excluding carboxylic acids is 2. The van der Waals surface area contributed by atoms with Crippen LogP contribution in [0.4, 0.5) is 4.39 Å². The molecule has 0 unspecified atom stereocenters. The summed E-state index contributed by atoms with van der Waals surface area (Å²) in [4.78, 5) is 21.5. The number of halogens is 1. The maximum Gasteiger partial charge on any atom is 0.375 e. The van der Waals surface area contributed by atoms with Gasteiger partial charge in [0.25, 0.3) is 0 Å². The van der Waals surface area contributed by atoms with Crippen molar-refractivity contribution in [2.45, 2.75) is 39.0 Å². The minimum absolute atomic E-state index is 0.0916. The number of carbonyl (C=O) groups is 2. The SMILES string of the molecule is CCCCCCC1=C(F)C(=O)OC1=O. The zero-order valence-corrected chi connectivity index (χ0v) is 8.14. The molecule has 0 saturated carbocycles. The molecule has 0 spiro atoms. The maximum absolute atomic E-state index is 12.9. The quantitative estimate of drug-likeness (QED) is 0.388. The van der Waals surface area contributed by atoms with Gasteiger partial charge in [0, 0.05) is 0 Å². The first-order chi connectivity index (χ1) is 6.66. The van der Waals surface area contributed by atoms with Gasteiger partial charge in [-0.2, -0.15) is 4.39 Å². The summed E-state index contributed by atoms with van der Waals surface area (Å²) in [5, 5.41) is 0. The van der Waals surface area contributed by atoms with E-state index in [0.717, 1.165) is 25.7 Å². The van der Waals surface area contributed by atoms with Crippen molar-refractivity contribution in [1.82, 2.24) is 0 Å². The second-order valence-corrected chi connectivity index (χ2v) is 3.28. The van der Waals surface area contributed by atoms with Gasteiger partial charge in [-0.3, -0.25) is 0 Å². The summed E-state index contributed by atoms with van der Waals surface area (Å²) in [5.41, 5.74) is -0.0916. The fraction of sp³-hybridized carbons (Fsp3) is 0.600. The van der Waals surface area contributed by atoms with E-state index in [4.69, 9.17) is 0 Å². The zero-order chi connectivity index (χ0) is 10.6. The summed E-state index contributed by atoms with van der Waals surface area (Å²) in [7, 11) is 0. The van der Waals surface area contributed by atoms with Gasteiger partial charge >= 0.3 is 11.9 Å². The molecule has 0 aromatic rings. The molecule has 78 valence electrons. The van der Waals surface area contributed by atoms with Crippen LogP contribution in [0.25, 0.3) is 0 Å². The van der Waals surface area contributed by atoms with Gasteiger partial charge in [0.05, 0.1) is 5.57 Å². The summed E-state index contributed by atoms with van der Waals surface area (Å²) in [5.74, 6) is -2.96. The number of unbranched alkanes of at least 4 members (excludes halogenated alkanes) is 3. The Kier molecular flexibility index (Phi) is 3.80. The molecule has 3 nitrogen and oxygen atoms in total. The molecule has 0 aromatic heterocycles. The van der Waals surface area contributed by atoms with E-state index < -0.39 is 17.8 Å². The molecule has 0 bridgehead atoms. The van der Waals surface area contributed by atoms with Crippen LogP contribution >= 0.6 is 0 Å². The van der Waals surface area contributed by atoms with Crippen LogP contribution < -0.4 is 0 Å². The smallest absolute Gasteiger partial charge is 0.375 e. The Morgan fingerprint density at radius 1 is 1.14 bits per heavy atom. The summed E-state index contributed by atoms with van der Waals surface area (Å²) in [6.45, 7) is 2.06. The number of hydrogen-bond donors (Lipinski definition) is 0. The van der Waals surface area contributed by atoms with Crippen LogP contribution in [0.15, 0.2) is 11.4 Å². The Labute approximate surface area is 81.9 Å². The maximum atomic E-state index is 12.9. The van der Waals surface area contributed by atoms with Crippen LogP contribution in [0.1, 0.15) is 39.0 Å². The molecule has 4 heteroatoms. The number of esters is 2. The Bertz CT molecular complexity index is 281. The van der Waals surface area contributed by atoms with Crippen molar-refractivity contribution in [2.75, 3.05) is 0 Å². The molecule has 1 aliphatic rings. The minimum atomic E-state index is -1.14. The highest BCUT2D eigenvalue weighted by Crippen LogP contribution is 2.23. The molecule has 14 heavy (non-hydrogen) atoms. The van der Waals surface area contributed by atoms with Gasteiger partial charge < -0.3 is 4.74 Å². The number of ether oxygens (including phenoxy) is 1. The van der Waals surface area contributed by atoms with Gasteiger partial charge in [-0.1, -0.05) is 26.2 Å². The Balaban J connectivity index is 2.43. The van der Waals surface area contributed by atoms with Gasteiger partial charge in [-0.25, -0.2) is 9.59 Å². The molecule has 1 heterocycles. The lowest BCUT2D eigenvalue weighted by Gasteiger charge is -1.97. The zero-order valence-electron chi connectivity index (χ0n) is 8.14. The van der Waals surface area contributed by atoms with Crippen LogP contribution in [-0.4, -0.2) is 11.9 Å². The second-order valence-electron chi connectivity index (χ2n) is 3.28. The largest absolute Gasteiger partial charge is 0.384 e. The van der Waals surface area contributed by atoms with Gasteiger partial charge in [0.2, 0.25) is 5.83 Å². The van der Waals surface area contributed by atoms with Gasteiger partial charge in [0.1, 0.15) is 0 Å². The van der Waals surface area contributed by atoms with Crippen LogP contribution in [0.5, 0.6) is 0 Å². The molecule has 0 aromatic carbocycles. The molecule has 0 amide bonds. The Hall–Kier alpha value is -1.19. The lowest BCUT2D eigenvalue weighted by molar-refractivity contribution is -0.151. The molecule has 0 atom stereocenters. The van der Waals surface area contributed by atoms with Crippen LogP contribution in [0.3, 0.4) is 0 Å². The van der Waals surface area contributed by atoms with E-state index in [0.29, 0.717) is 6.42 Å². The van der Waals surface area contributed by atoms with Crippen LogP contribution in [0.2, 0.25) is 0 Å². The molecular formula is C10H13FO3. The van der Waals surface area contributed by atoms with Crippen molar-refractivity contribution in [3.8, 4) is 0 Å². The van der Waals surface area contributed by atoms with E-state index in [1.54, 1.807) is 0 Å². The summed E-state index contributed by atoms with van der Waals surface area (Å²) in [6, 6.07) is 0. The Morgan fingerprint density at radius 2 is 1.86 bits per heavy atom. The van der Waals surface area contributed by atoms with Crippen molar-refractivity contribution in [3.05, 3.63) is 11.4 Å². The summed E-state index contributed by atoms with van der Waals surface area (Å²) < 4.78 is 17.0. The first kappa shape index (κ1) is 10.9. The molecule has 0 radical (unpaired) electrons. The van der Waals surface area contributed by atoms with E-state index in [1.165, 1.54) is 0 Å². The third-order valence-corrected chi connectivity index (χ3v) is 2.16. The van der Waals surface area contributed by atoms with E-state index in [9.17, 15) is 14.0 Å². The monoisotopic (exact) mass is 200 g/mol. The number of rotatable bonds is 5. The summed E-state index contributed by atoms with van der Waals surface area (Å²) in [6.07, 6.45) is 4.09. The number of cyclic esters (lactones) is 2. The highest BCUT2D eigenvalue weighted by molar-refractivity contribution is 6.10. The molecule has 1 aliphatic heterocycles. The lowest BCUT2D eigenvalue weighted by atomic mass is 10.1. The van der Waals surface area contributed by atoms with Gasteiger partial charge in [0.15, 0.2) is 0 Å². The predicted octanol–water partition coefficient (Wildman–Crippen LogP) is 2.26. The first-order valence-corrected chi connectivity index (χ1v) is 4.82. The highest BCUT2D eigenvalue weighted by atomic mass is 19.1. The molecule has 0 aliphatic carbocycles. The molecule has 0 saturated heterocycles. The van der Waals surface area contributed by atoms with Crippen LogP contribution in [-0.2, 0) is 14.3 Å². The number of hydrogen-bond acceptors (Lipinski definition) is 3. The average molecular weight is 200 g/mol. The van der Waals surface area contributed by atoms with Crippen molar-refractivity contribution in [1.29, 1.82) is 0 Å². The standard InChI is InChI=1S/C10H13FO3/c1-2-3-4-5-6-7-8(11)10(13)14-9(7)12/h2-6H2,1H3. The third-order valence-electron chi connectivity index (χ3n) is 2.16. The second kappa shape index (κ2) is 4.88. The summed E-state index contributed by atoms with van der Waals surface area (Å²) >= 11 is 0. The Morgan fingerprint density at radius 3 is 2.36 bits per heavy atom. The van der Waals surface area contributed by atoms with Crippen molar-refractivity contribution < 1.29 is 18.7 Å². The normalized spacial score (nSPS) is 16.4. The van der Waals surface area contributed by atoms with Gasteiger partial charge in [-0.15, -0.1) is 0 Å². The molecule has 1 rings (SSSR count). The van der Waals surface area contributed by atoms with Gasteiger partial charge in [-0.05, 0) is 12.8 Å².